The Labute approximate surface area is 238 Å². The molecule has 2 amide bonds. The Kier molecular flexibility index (Phi) is 10.1. The standard InChI is InChI=1S/C32H44ClN3O3/c1-22-7-3-8-26(19-22)30-28(10-4-11-29(30)33)32(39,16-6-17-35-23(2)37)27-9-5-18-36(21-27)31(38)25-14-12-24(20-34)13-15-25/h3-4,7-8,10-11,19,24-25,27,39H,5-6,9,12-18,20-21,34H2,1-2H3,(H,35,37)/t24-,25-,27-,32+/m1/s1. The monoisotopic (exact) mass is 553 g/mol. The van der Waals surface area contributed by atoms with E-state index in [0.29, 0.717) is 43.4 Å². The highest BCUT2D eigenvalue weighted by Crippen LogP contribution is 2.46. The number of halogens is 1. The summed E-state index contributed by atoms with van der Waals surface area (Å²) in [6, 6.07) is 13.9. The lowest BCUT2D eigenvalue weighted by atomic mass is 9.72. The maximum Gasteiger partial charge on any atom is 0.225 e. The Bertz CT molecular complexity index is 1150. The fourth-order valence-corrected chi connectivity index (χ4v) is 6.91. The van der Waals surface area contributed by atoms with Crippen LogP contribution in [0.25, 0.3) is 11.1 Å². The van der Waals surface area contributed by atoms with Crippen LogP contribution >= 0.6 is 11.6 Å². The predicted octanol–water partition coefficient (Wildman–Crippen LogP) is 5.42. The Morgan fingerprint density at radius 2 is 1.87 bits per heavy atom. The lowest BCUT2D eigenvalue weighted by Gasteiger charge is -2.44. The van der Waals surface area contributed by atoms with Gasteiger partial charge < -0.3 is 21.1 Å². The molecule has 1 heterocycles. The van der Waals surface area contributed by atoms with E-state index in [4.69, 9.17) is 17.3 Å². The molecule has 1 aliphatic heterocycles. The number of aryl methyl sites for hydroxylation is 1. The van der Waals surface area contributed by atoms with E-state index in [0.717, 1.165) is 67.3 Å². The molecule has 0 aromatic heterocycles. The number of amides is 2. The number of aliphatic hydroxyl groups is 1. The average molecular weight is 554 g/mol. The first-order valence-corrected chi connectivity index (χ1v) is 14.9. The second-order valence-corrected chi connectivity index (χ2v) is 12.0. The summed E-state index contributed by atoms with van der Waals surface area (Å²) in [5.74, 6) is 0.574. The molecule has 7 heteroatoms. The largest absolute Gasteiger partial charge is 0.385 e. The summed E-state index contributed by atoms with van der Waals surface area (Å²) in [4.78, 5) is 27.1. The van der Waals surface area contributed by atoms with Crippen LogP contribution in [-0.4, -0.2) is 48.0 Å². The van der Waals surface area contributed by atoms with E-state index in [1.54, 1.807) is 0 Å². The number of carbonyl (C=O) groups is 2. The lowest BCUT2D eigenvalue weighted by molar-refractivity contribution is -0.142. The molecule has 2 atom stereocenters. The molecule has 0 unspecified atom stereocenters. The van der Waals surface area contributed by atoms with Gasteiger partial charge in [-0.25, -0.2) is 0 Å². The topological polar surface area (TPSA) is 95.7 Å². The third kappa shape index (κ3) is 7.03. The van der Waals surface area contributed by atoms with Crippen LogP contribution in [0.3, 0.4) is 0 Å². The first-order chi connectivity index (χ1) is 18.7. The summed E-state index contributed by atoms with van der Waals surface area (Å²) >= 11 is 6.83. The van der Waals surface area contributed by atoms with Crippen molar-refractivity contribution in [2.45, 2.75) is 70.8 Å². The van der Waals surface area contributed by atoms with Crippen molar-refractivity contribution in [2.24, 2.45) is 23.5 Å². The molecule has 1 aliphatic carbocycles. The third-order valence-corrected chi connectivity index (χ3v) is 9.15. The molecule has 0 bridgehead atoms. The van der Waals surface area contributed by atoms with Gasteiger partial charge in [0.2, 0.25) is 11.8 Å². The number of nitrogens with one attached hydrogen (secondary N) is 1. The molecule has 2 fully saturated rings. The van der Waals surface area contributed by atoms with Crippen molar-refractivity contribution < 1.29 is 14.7 Å². The summed E-state index contributed by atoms with van der Waals surface area (Å²) in [5, 5.41) is 16.1. The molecular weight excluding hydrogens is 510 g/mol. The zero-order valence-electron chi connectivity index (χ0n) is 23.4. The molecule has 1 saturated carbocycles. The molecule has 212 valence electrons. The lowest BCUT2D eigenvalue weighted by Crippen LogP contribution is -2.50. The molecule has 6 nitrogen and oxygen atoms in total. The molecule has 1 saturated heterocycles. The van der Waals surface area contributed by atoms with Crippen molar-refractivity contribution in [3.8, 4) is 11.1 Å². The number of benzene rings is 2. The second-order valence-electron chi connectivity index (χ2n) is 11.6. The minimum atomic E-state index is -1.21. The number of nitrogens with zero attached hydrogens (tertiary/aromatic N) is 1. The Balaban J connectivity index is 1.65. The number of carbonyl (C=O) groups excluding carboxylic acids is 2. The smallest absolute Gasteiger partial charge is 0.225 e. The predicted molar refractivity (Wildman–Crippen MR) is 157 cm³/mol. The van der Waals surface area contributed by atoms with Crippen molar-refractivity contribution in [1.29, 1.82) is 0 Å². The Morgan fingerprint density at radius 1 is 1.13 bits per heavy atom. The SMILES string of the molecule is CC(=O)NCCC[C@@](O)(c1cccc(Cl)c1-c1cccc(C)c1)[C@@H]1CCCN(C(=O)[C@H]2CC[C@H](CN)CC2)C1. The van der Waals surface area contributed by atoms with Gasteiger partial charge >= 0.3 is 0 Å². The number of rotatable bonds is 9. The van der Waals surface area contributed by atoms with E-state index >= 15 is 0 Å². The molecule has 2 aromatic carbocycles. The van der Waals surface area contributed by atoms with Crippen LogP contribution in [0, 0.1) is 24.7 Å². The van der Waals surface area contributed by atoms with Gasteiger partial charge in [0.1, 0.15) is 0 Å². The van der Waals surface area contributed by atoms with E-state index in [-0.39, 0.29) is 23.7 Å². The van der Waals surface area contributed by atoms with Crippen LogP contribution in [0.5, 0.6) is 0 Å². The number of nitrogens with two attached hydrogens (primary N) is 1. The molecule has 39 heavy (non-hydrogen) atoms. The van der Waals surface area contributed by atoms with Crippen molar-refractivity contribution in [1.82, 2.24) is 10.2 Å². The quantitative estimate of drug-likeness (QED) is 0.361. The summed E-state index contributed by atoms with van der Waals surface area (Å²) in [7, 11) is 0. The van der Waals surface area contributed by atoms with Gasteiger partial charge in [-0.15, -0.1) is 0 Å². The van der Waals surface area contributed by atoms with Crippen LogP contribution in [0.15, 0.2) is 42.5 Å². The van der Waals surface area contributed by atoms with Crippen molar-refractivity contribution in [3.05, 3.63) is 58.6 Å². The molecular formula is C32H44ClN3O3. The maximum atomic E-state index is 13.6. The molecule has 0 spiro atoms. The van der Waals surface area contributed by atoms with Crippen LogP contribution in [0.1, 0.15) is 69.4 Å². The van der Waals surface area contributed by atoms with Gasteiger partial charge in [0.15, 0.2) is 0 Å². The highest BCUT2D eigenvalue weighted by Gasteiger charge is 2.43. The van der Waals surface area contributed by atoms with E-state index < -0.39 is 5.60 Å². The summed E-state index contributed by atoms with van der Waals surface area (Å²) in [6.45, 7) is 5.98. The summed E-state index contributed by atoms with van der Waals surface area (Å²) < 4.78 is 0. The third-order valence-electron chi connectivity index (χ3n) is 8.83. The number of piperidine rings is 1. The average Bonchev–Trinajstić information content (AvgIpc) is 2.94. The van der Waals surface area contributed by atoms with Crippen LogP contribution in [0.2, 0.25) is 5.02 Å². The minimum Gasteiger partial charge on any atom is -0.385 e. The van der Waals surface area contributed by atoms with Crippen molar-refractivity contribution >= 4 is 23.4 Å². The van der Waals surface area contributed by atoms with Gasteiger partial charge in [-0.05, 0) is 87.9 Å². The first-order valence-electron chi connectivity index (χ1n) is 14.5. The normalized spacial score (nSPS) is 23.2. The number of hydrogen-bond donors (Lipinski definition) is 3. The van der Waals surface area contributed by atoms with E-state index in [1.165, 1.54) is 6.92 Å². The van der Waals surface area contributed by atoms with Gasteiger partial charge in [-0.3, -0.25) is 9.59 Å². The number of likely N-dealkylation sites (tertiary alicyclic amines) is 1. The van der Waals surface area contributed by atoms with Crippen LogP contribution < -0.4 is 11.1 Å². The van der Waals surface area contributed by atoms with Crippen molar-refractivity contribution in [3.63, 3.8) is 0 Å². The van der Waals surface area contributed by atoms with Crippen LogP contribution in [-0.2, 0) is 15.2 Å². The summed E-state index contributed by atoms with van der Waals surface area (Å²) in [6.07, 6.45) is 6.57. The van der Waals surface area contributed by atoms with Gasteiger partial charge in [0.05, 0.1) is 5.60 Å². The Morgan fingerprint density at radius 3 is 2.56 bits per heavy atom. The number of hydrogen-bond acceptors (Lipinski definition) is 4. The molecule has 4 N–H and O–H groups in total. The van der Waals surface area contributed by atoms with Gasteiger partial charge in [-0.1, -0.05) is 53.6 Å². The van der Waals surface area contributed by atoms with Gasteiger partial charge in [0.25, 0.3) is 0 Å². The fraction of sp³-hybridized carbons (Fsp3) is 0.562. The molecule has 4 rings (SSSR count). The molecule has 2 aromatic rings. The van der Waals surface area contributed by atoms with Crippen LogP contribution in [0.4, 0.5) is 0 Å². The maximum absolute atomic E-state index is 13.6. The highest BCUT2D eigenvalue weighted by atomic mass is 35.5. The molecule has 2 aliphatic rings. The Hall–Kier alpha value is -2.41. The van der Waals surface area contributed by atoms with E-state index in [1.807, 2.05) is 48.2 Å². The zero-order chi connectivity index (χ0) is 28.0. The summed E-state index contributed by atoms with van der Waals surface area (Å²) in [5.41, 5.74) is 8.39. The van der Waals surface area contributed by atoms with E-state index in [2.05, 4.69) is 11.4 Å². The van der Waals surface area contributed by atoms with Gasteiger partial charge in [-0.2, -0.15) is 0 Å². The highest BCUT2D eigenvalue weighted by molar-refractivity contribution is 6.33. The zero-order valence-corrected chi connectivity index (χ0v) is 24.2. The van der Waals surface area contributed by atoms with Crippen molar-refractivity contribution in [2.75, 3.05) is 26.2 Å². The molecule has 0 radical (unpaired) electrons. The van der Waals surface area contributed by atoms with E-state index in [9.17, 15) is 14.7 Å². The fourth-order valence-electron chi connectivity index (χ4n) is 6.63. The van der Waals surface area contributed by atoms with Gasteiger partial charge in [0, 0.05) is 49.0 Å². The first kappa shape index (κ1) is 29.6. The minimum absolute atomic E-state index is 0.0495. The second kappa shape index (κ2) is 13.3.